The highest BCUT2D eigenvalue weighted by Crippen LogP contribution is 2.14. The van der Waals surface area contributed by atoms with Gasteiger partial charge >= 0.3 is 0 Å². The third-order valence-electron chi connectivity index (χ3n) is 3.19. The monoisotopic (exact) mass is 280 g/mol. The third-order valence-corrected chi connectivity index (χ3v) is 3.19. The van der Waals surface area contributed by atoms with Gasteiger partial charge in [-0.2, -0.15) is 0 Å². The second-order valence-electron chi connectivity index (χ2n) is 4.63. The summed E-state index contributed by atoms with van der Waals surface area (Å²) in [6.45, 7) is 0. The zero-order chi connectivity index (χ0) is 14.7. The Bertz CT molecular complexity index is 787. The number of pyridine rings is 1. The molecular formula is C15H12N4O2. The van der Waals surface area contributed by atoms with Crippen molar-refractivity contribution in [2.24, 2.45) is 0 Å². The van der Waals surface area contributed by atoms with Gasteiger partial charge in [0, 0.05) is 36.3 Å². The van der Waals surface area contributed by atoms with Crippen molar-refractivity contribution in [3.63, 3.8) is 0 Å². The number of hydrogen-bond acceptors (Lipinski definition) is 5. The van der Waals surface area contributed by atoms with Gasteiger partial charge in [-0.3, -0.25) is 10.1 Å². The average Bonchev–Trinajstić information content (AvgIpc) is 2.53. The van der Waals surface area contributed by atoms with Crippen molar-refractivity contribution in [2.75, 3.05) is 0 Å². The van der Waals surface area contributed by atoms with E-state index in [0.29, 0.717) is 12.1 Å². The molecule has 1 aromatic carbocycles. The first-order chi connectivity index (χ1) is 10.2. The molecular weight excluding hydrogens is 268 g/mol. The first-order valence-corrected chi connectivity index (χ1v) is 6.52. The van der Waals surface area contributed by atoms with Gasteiger partial charge in [0.2, 0.25) is 0 Å². The summed E-state index contributed by atoms with van der Waals surface area (Å²) in [4.78, 5) is 23.1. The molecule has 2 aromatic heterocycles. The topological polar surface area (TPSA) is 81.8 Å². The van der Waals surface area contributed by atoms with E-state index in [4.69, 9.17) is 0 Å². The van der Waals surface area contributed by atoms with Crippen LogP contribution in [-0.4, -0.2) is 19.9 Å². The Balaban J connectivity index is 1.72. The summed E-state index contributed by atoms with van der Waals surface area (Å²) < 4.78 is 0. The Morgan fingerprint density at radius 1 is 1.05 bits per heavy atom. The van der Waals surface area contributed by atoms with Crippen LogP contribution in [0.2, 0.25) is 0 Å². The molecule has 0 radical (unpaired) electrons. The van der Waals surface area contributed by atoms with Gasteiger partial charge < -0.3 is 0 Å². The van der Waals surface area contributed by atoms with E-state index in [-0.39, 0.29) is 5.69 Å². The van der Waals surface area contributed by atoms with Crippen LogP contribution >= 0.6 is 0 Å². The molecule has 0 saturated heterocycles. The van der Waals surface area contributed by atoms with Gasteiger partial charge in [-0.1, -0.05) is 12.1 Å². The maximum atomic E-state index is 10.6. The van der Waals surface area contributed by atoms with E-state index in [1.807, 2.05) is 12.1 Å². The molecule has 0 bridgehead atoms. The number of non-ortho nitro benzene ring substituents is 1. The fourth-order valence-electron chi connectivity index (χ4n) is 2.06. The predicted molar refractivity (Wildman–Crippen MR) is 77.8 cm³/mol. The highest BCUT2D eigenvalue weighted by atomic mass is 16.6. The van der Waals surface area contributed by atoms with Crippen molar-refractivity contribution >= 4 is 16.7 Å². The molecule has 6 heteroatoms. The molecule has 0 saturated carbocycles. The second-order valence-corrected chi connectivity index (χ2v) is 4.63. The van der Waals surface area contributed by atoms with Crippen LogP contribution in [0.4, 0.5) is 5.69 Å². The van der Waals surface area contributed by atoms with Crippen LogP contribution in [0, 0.1) is 10.1 Å². The highest BCUT2D eigenvalue weighted by Gasteiger charge is 2.05. The van der Waals surface area contributed by atoms with Crippen molar-refractivity contribution in [3.05, 3.63) is 70.3 Å². The molecule has 3 rings (SSSR count). The Morgan fingerprint density at radius 3 is 2.62 bits per heavy atom. The van der Waals surface area contributed by atoms with Crippen LogP contribution < -0.4 is 0 Å². The molecule has 0 spiro atoms. The molecule has 0 aliphatic heterocycles. The van der Waals surface area contributed by atoms with E-state index in [1.165, 1.54) is 12.1 Å². The van der Waals surface area contributed by atoms with Crippen LogP contribution in [0.25, 0.3) is 11.0 Å². The standard InChI is InChI=1S/C15H12N4O2/c20-19(21)13-6-3-11(4-7-13)5-8-14-17-10-12-2-1-9-16-15(12)18-14/h1-4,6-7,9-10H,5,8H2. The van der Waals surface area contributed by atoms with Crippen molar-refractivity contribution in [3.8, 4) is 0 Å². The van der Waals surface area contributed by atoms with Crippen molar-refractivity contribution in [1.29, 1.82) is 0 Å². The van der Waals surface area contributed by atoms with E-state index < -0.39 is 4.92 Å². The smallest absolute Gasteiger partial charge is 0.258 e. The van der Waals surface area contributed by atoms with Gasteiger partial charge in [0.1, 0.15) is 5.82 Å². The van der Waals surface area contributed by atoms with Crippen LogP contribution in [0.1, 0.15) is 11.4 Å². The van der Waals surface area contributed by atoms with Gasteiger partial charge in [0.25, 0.3) is 5.69 Å². The van der Waals surface area contributed by atoms with Gasteiger partial charge in [0.15, 0.2) is 5.65 Å². The summed E-state index contributed by atoms with van der Waals surface area (Å²) >= 11 is 0. The minimum atomic E-state index is -0.401. The summed E-state index contributed by atoms with van der Waals surface area (Å²) in [5.41, 5.74) is 1.81. The van der Waals surface area contributed by atoms with Gasteiger partial charge in [-0.15, -0.1) is 0 Å². The van der Waals surface area contributed by atoms with Crippen LogP contribution in [0.3, 0.4) is 0 Å². The first-order valence-electron chi connectivity index (χ1n) is 6.52. The lowest BCUT2D eigenvalue weighted by molar-refractivity contribution is -0.384. The molecule has 104 valence electrons. The molecule has 0 fully saturated rings. The van der Waals surface area contributed by atoms with Crippen molar-refractivity contribution in [2.45, 2.75) is 12.8 Å². The SMILES string of the molecule is O=[N+]([O-])c1ccc(CCc2ncc3cccnc3n2)cc1. The summed E-state index contributed by atoms with van der Waals surface area (Å²) in [7, 11) is 0. The maximum Gasteiger partial charge on any atom is 0.269 e. The number of rotatable bonds is 4. The number of fused-ring (bicyclic) bond motifs is 1. The fraction of sp³-hybridized carbons (Fsp3) is 0.133. The van der Waals surface area contributed by atoms with E-state index in [1.54, 1.807) is 24.5 Å². The summed E-state index contributed by atoms with van der Waals surface area (Å²) in [5, 5.41) is 11.5. The molecule has 0 atom stereocenters. The average molecular weight is 280 g/mol. The quantitative estimate of drug-likeness (QED) is 0.542. The number of nitro benzene ring substituents is 1. The summed E-state index contributed by atoms with van der Waals surface area (Å²) in [5.74, 6) is 0.722. The minimum absolute atomic E-state index is 0.102. The molecule has 6 nitrogen and oxygen atoms in total. The van der Waals surface area contributed by atoms with E-state index in [2.05, 4.69) is 15.0 Å². The molecule has 2 heterocycles. The molecule has 0 amide bonds. The Morgan fingerprint density at radius 2 is 1.86 bits per heavy atom. The number of nitrogens with zero attached hydrogens (tertiary/aromatic N) is 4. The van der Waals surface area contributed by atoms with Crippen LogP contribution in [0.15, 0.2) is 48.8 Å². The molecule has 21 heavy (non-hydrogen) atoms. The van der Waals surface area contributed by atoms with Gasteiger partial charge in [-0.25, -0.2) is 15.0 Å². The number of aromatic nitrogens is 3. The summed E-state index contributed by atoms with van der Waals surface area (Å²) in [6, 6.07) is 10.3. The number of aryl methyl sites for hydroxylation is 2. The predicted octanol–water partition coefficient (Wildman–Crippen LogP) is 2.72. The minimum Gasteiger partial charge on any atom is -0.258 e. The van der Waals surface area contributed by atoms with Gasteiger partial charge in [0.05, 0.1) is 4.92 Å². The largest absolute Gasteiger partial charge is 0.269 e. The lowest BCUT2D eigenvalue weighted by Gasteiger charge is -2.02. The zero-order valence-corrected chi connectivity index (χ0v) is 11.1. The molecule has 0 N–H and O–H groups in total. The normalized spacial score (nSPS) is 10.7. The van der Waals surface area contributed by atoms with E-state index in [0.717, 1.165) is 23.2 Å². The number of hydrogen-bond donors (Lipinski definition) is 0. The fourth-order valence-corrected chi connectivity index (χ4v) is 2.06. The second kappa shape index (κ2) is 5.62. The highest BCUT2D eigenvalue weighted by molar-refractivity contribution is 5.72. The lowest BCUT2D eigenvalue weighted by Crippen LogP contribution is -1.99. The van der Waals surface area contributed by atoms with E-state index >= 15 is 0 Å². The van der Waals surface area contributed by atoms with Crippen molar-refractivity contribution < 1.29 is 4.92 Å². The maximum absolute atomic E-state index is 10.6. The molecule has 3 aromatic rings. The first kappa shape index (κ1) is 13.1. The van der Waals surface area contributed by atoms with E-state index in [9.17, 15) is 10.1 Å². The number of nitro groups is 1. The Labute approximate surface area is 120 Å². The molecule has 0 unspecified atom stereocenters. The lowest BCUT2D eigenvalue weighted by atomic mass is 10.1. The van der Waals surface area contributed by atoms with Crippen molar-refractivity contribution in [1.82, 2.24) is 15.0 Å². The zero-order valence-electron chi connectivity index (χ0n) is 11.1. The van der Waals surface area contributed by atoms with Gasteiger partial charge in [-0.05, 0) is 24.1 Å². The third kappa shape index (κ3) is 3.00. The van der Waals surface area contributed by atoms with Crippen LogP contribution in [-0.2, 0) is 12.8 Å². The Kier molecular flexibility index (Phi) is 3.51. The molecule has 0 aliphatic carbocycles. The number of benzene rings is 1. The summed E-state index contributed by atoms with van der Waals surface area (Å²) in [6.07, 6.45) is 4.87. The van der Waals surface area contributed by atoms with Crippen LogP contribution in [0.5, 0.6) is 0 Å². The Hall–Kier alpha value is -2.89. The molecule has 0 aliphatic rings.